The van der Waals surface area contributed by atoms with Crippen molar-refractivity contribution in [2.24, 2.45) is 11.8 Å². The number of rotatable bonds is 3. The molecular formula is C15H25NO3. The van der Waals surface area contributed by atoms with Crippen LogP contribution in [0.25, 0.3) is 0 Å². The fourth-order valence-electron chi connectivity index (χ4n) is 3.48. The fourth-order valence-corrected chi connectivity index (χ4v) is 3.48. The van der Waals surface area contributed by atoms with E-state index in [1.807, 2.05) is 0 Å². The number of carboxylic acid groups (broad SMARTS) is 1. The molecule has 0 bridgehead atoms. The lowest BCUT2D eigenvalue weighted by Gasteiger charge is -2.24. The van der Waals surface area contributed by atoms with Gasteiger partial charge in [0, 0.05) is 6.04 Å². The second kappa shape index (κ2) is 6.92. The summed E-state index contributed by atoms with van der Waals surface area (Å²) in [6.07, 6.45) is 10.5. The Labute approximate surface area is 115 Å². The largest absolute Gasteiger partial charge is 0.481 e. The van der Waals surface area contributed by atoms with E-state index < -0.39 is 11.9 Å². The van der Waals surface area contributed by atoms with Crippen LogP contribution >= 0.6 is 0 Å². The quantitative estimate of drug-likeness (QED) is 0.826. The molecule has 0 saturated heterocycles. The Morgan fingerprint density at radius 1 is 0.789 bits per heavy atom. The Morgan fingerprint density at radius 2 is 1.37 bits per heavy atom. The van der Waals surface area contributed by atoms with Gasteiger partial charge in [-0.15, -0.1) is 0 Å². The van der Waals surface area contributed by atoms with Crippen molar-refractivity contribution < 1.29 is 14.7 Å². The van der Waals surface area contributed by atoms with Gasteiger partial charge in [-0.2, -0.15) is 0 Å². The van der Waals surface area contributed by atoms with E-state index in [-0.39, 0.29) is 17.9 Å². The average molecular weight is 267 g/mol. The fraction of sp³-hybridized carbons (Fsp3) is 0.867. The molecule has 0 aromatic carbocycles. The number of aliphatic carboxylic acids is 1. The zero-order chi connectivity index (χ0) is 13.7. The van der Waals surface area contributed by atoms with Crippen LogP contribution in [0.1, 0.15) is 64.2 Å². The maximum atomic E-state index is 12.3. The lowest BCUT2D eigenvalue weighted by molar-refractivity contribution is -0.146. The van der Waals surface area contributed by atoms with Crippen molar-refractivity contribution in [3.63, 3.8) is 0 Å². The molecule has 19 heavy (non-hydrogen) atoms. The predicted molar refractivity (Wildman–Crippen MR) is 72.7 cm³/mol. The van der Waals surface area contributed by atoms with Gasteiger partial charge in [0.15, 0.2) is 0 Å². The first-order chi connectivity index (χ1) is 9.18. The van der Waals surface area contributed by atoms with Crippen LogP contribution in [0.5, 0.6) is 0 Å². The number of hydrogen-bond donors (Lipinski definition) is 2. The molecule has 2 saturated carbocycles. The molecule has 108 valence electrons. The van der Waals surface area contributed by atoms with E-state index in [2.05, 4.69) is 5.32 Å². The molecule has 4 heteroatoms. The highest BCUT2D eigenvalue weighted by atomic mass is 16.4. The molecule has 0 aromatic heterocycles. The molecule has 4 nitrogen and oxygen atoms in total. The van der Waals surface area contributed by atoms with Crippen molar-refractivity contribution >= 4 is 11.9 Å². The van der Waals surface area contributed by atoms with E-state index in [4.69, 9.17) is 5.11 Å². The first kappa shape index (κ1) is 14.4. The third-order valence-electron chi connectivity index (χ3n) is 4.62. The molecule has 2 atom stereocenters. The summed E-state index contributed by atoms with van der Waals surface area (Å²) >= 11 is 0. The molecule has 1 amide bonds. The normalized spacial score (nSPS) is 29.5. The summed E-state index contributed by atoms with van der Waals surface area (Å²) in [5.74, 6) is -1.60. The van der Waals surface area contributed by atoms with E-state index in [0.29, 0.717) is 6.42 Å². The Balaban J connectivity index is 1.86. The monoisotopic (exact) mass is 267 g/mol. The van der Waals surface area contributed by atoms with E-state index in [1.54, 1.807) is 0 Å². The average Bonchev–Trinajstić information content (AvgIpc) is 2.81. The van der Waals surface area contributed by atoms with Crippen LogP contribution in [-0.2, 0) is 9.59 Å². The number of carboxylic acids is 1. The molecular weight excluding hydrogens is 242 g/mol. The van der Waals surface area contributed by atoms with Gasteiger partial charge in [0.05, 0.1) is 11.8 Å². The van der Waals surface area contributed by atoms with Crippen molar-refractivity contribution in [3.8, 4) is 0 Å². The van der Waals surface area contributed by atoms with Crippen LogP contribution in [0, 0.1) is 11.8 Å². The molecule has 2 aliphatic rings. The highest BCUT2D eigenvalue weighted by molar-refractivity contribution is 5.85. The standard InChI is InChI=1S/C15H25NO3/c17-14(12-9-6-10-13(12)15(18)19)16-11-7-4-2-1-3-5-8-11/h11-13H,1-10H2,(H,16,17)(H,18,19). The molecule has 2 unspecified atom stereocenters. The van der Waals surface area contributed by atoms with Gasteiger partial charge in [-0.25, -0.2) is 0 Å². The van der Waals surface area contributed by atoms with Gasteiger partial charge in [0.2, 0.25) is 5.91 Å². The van der Waals surface area contributed by atoms with Crippen molar-refractivity contribution in [2.75, 3.05) is 0 Å². The van der Waals surface area contributed by atoms with Gasteiger partial charge in [0.1, 0.15) is 0 Å². The Kier molecular flexibility index (Phi) is 5.23. The molecule has 2 rings (SSSR count). The van der Waals surface area contributed by atoms with E-state index in [1.165, 1.54) is 32.1 Å². The smallest absolute Gasteiger partial charge is 0.307 e. The lowest BCUT2D eigenvalue weighted by atomic mass is 9.93. The summed E-state index contributed by atoms with van der Waals surface area (Å²) in [7, 11) is 0. The Hall–Kier alpha value is -1.06. The Bertz CT molecular complexity index is 321. The van der Waals surface area contributed by atoms with Gasteiger partial charge in [-0.3, -0.25) is 9.59 Å². The maximum absolute atomic E-state index is 12.3. The number of amides is 1. The summed E-state index contributed by atoms with van der Waals surface area (Å²) in [5.41, 5.74) is 0. The molecule has 2 N–H and O–H groups in total. The first-order valence-corrected chi connectivity index (χ1v) is 7.71. The van der Waals surface area contributed by atoms with Gasteiger partial charge in [-0.05, 0) is 25.7 Å². The van der Waals surface area contributed by atoms with Crippen LogP contribution in [0.2, 0.25) is 0 Å². The minimum Gasteiger partial charge on any atom is -0.481 e. The van der Waals surface area contributed by atoms with E-state index in [9.17, 15) is 9.59 Å². The van der Waals surface area contributed by atoms with Crippen molar-refractivity contribution in [2.45, 2.75) is 70.3 Å². The zero-order valence-corrected chi connectivity index (χ0v) is 11.6. The molecule has 0 spiro atoms. The topological polar surface area (TPSA) is 66.4 Å². The maximum Gasteiger partial charge on any atom is 0.307 e. The Morgan fingerprint density at radius 3 is 2.00 bits per heavy atom. The van der Waals surface area contributed by atoms with Crippen LogP contribution in [-0.4, -0.2) is 23.0 Å². The number of nitrogens with one attached hydrogen (secondary N) is 1. The van der Waals surface area contributed by atoms with Gasteiger partial charge >= 0.3 is 5.97 Å². The minimum absolute atomic E-state index is 0.0181. The molecule has 2 aliphatic carbocycles. The van der Waals surface area contributed by atoms with Crippen LogP contribution in [0.15, 0.2) is 0 Å². The van der Waals surface area contributed by atoms with Gasteiger partial charge < -0.3 is 10.4 Å². The number of hydrogen-bond acceptors (Lipinski definition) is 2. The lowest BCUT2D eigenvalue weighted by Crippen LogP contribution is -2.41. The summed E-state index contributed by atoms with van der Waals surface area (Å²) in [6.45, 7) is 0. The second-order valence-corrected chi connectivity index (χ2v) is 6.03. The minimum atomic E-state index is -0.810. The van der Waals surface area contributed by atoms with Crippen LogP contribution < -0.4 is 5.32 Å². The predicted octanol–water partition coefficient (Wildman–Crippen LogP) is 2.72. The van der Waals surface area contributed by atoms with Crippen LogP contribution in [0.4, 0.5) is 0 Å². The number of carbonyl (C=O) groups excluding carboxylic acids is 1. The zero-order valence-electron chi connectivity index (χ0n) is 11.6. The molecule has 2 fully saturated rings. The van der Waals surface area contributed by atoms with Crippen LogP contribution in [0.3, 0.4) is 0 Å². The van der Waals surface area contributed by atoms with Crippen molar-refractivity contribution in [1.29, 1.82) is 0 Å². The van der Waals surface area contributed by atoms with Crippen molar-refractivity contribution in [1.82, 2.24) is 5.32 Å². The number of carbonyl (C=O) groups is 2. The highest BCUT2D eigenvalue weighted by Gasteiger charge is 2.38. The van der Waals surface area contributed by atoms with E-state index >= 15 is 0 Å². The third-order valence-corrected chi connectivity index (χ3v) is 4.62. The molecule has 0 aliphatic heterocycles. The van der Waals surface area contributed by atoms with Crippen molar-refractivity contribution in [3.05, 3.63) is 0 Å². The van der Waals surface area contributed by atoms with Gasteiger partial charge in [-0.1, -0.05) is 38.5 Å². The summed E-state index contributed by atoms with van der Waals surface area (Å²) in [5, 5.41) is 12.3. The molecule has 0 radical (unpaired) electrons. The molecule has 0 heterocycles. The summed E-state index contributed by atoms with van der Waals surface area (Å²) < 4.78 is 0. The third kappa shape index (κ3) is 3.95. The first-order valence-electron chi connectivity index (χ1n) is 7.71. The summed E-state index contributed by atoms with van der Waals surface area (Å²) in [4.78, 5) is 23.4. The van der Waals surface area contributed by atoms with Gasteiger partial charge in [0.25, 0.3) is 0 Å². The summed E-state index contributed by atoms with van der Waals surface area (Å²) in [6, 6.07) is 0.267. The highest BCUT2D eigenvalue weighted by Crippen LogP contribution is 2.32. The molecule has 0 aromatic rings. The second-order valence-electron chi connectivity index (χ2n) is 6.03. The SMILES string of the molecule is O=C(O)C1CCCC1C(=O)NC1CCCCCCC1. The van der Waals surface area contributed by atoms with E-state index in [0.717, 1.165) is 25.7 Å².